The summed E-state index contributed by atoms with van der Waals surface area (Å²) < 4.78 is 15.3. The molecule has 0 aliphatic rings. The number of pyridine rings is 1. The van der Waals surface area contributed by atoms with E-state index in [1.54, 1.807) is 12.1 Å². The second kappa shape index (κ2) is 7.18. The summed E-state index contributed by atoms with van der Waals surface area (Å²) in [6, 6.07) is 8.36. The highest BCUT2D eigenvalue weighted by Crippen LogP contribution is 2.29. The number of rotatable bonds is 4. The standard InChI is InChI=1S/C22H22FN5O/c1-12-11-14(23)6-8-16(12)26-22-27-18-9-7-15-13(2)17(5-4-10-24)25-21(29)19(15)20(18)28(22)3/h4-9,11H,10,24H2,1-3H3,(H,25,29)(H,26,27)/b5-4+. The van der Waals surface area contributed by atoms with E-state index in [0.29, 0.717) is 23.4 Å². The Bertz CT molecular complexity index is 1330. The Balaban J connectivity index is 1.92. The number of fused-ring (bicyclic) bond motifs is 3. The lowest BCUT2D eigenvalue weighted by atomic mass is 10.0. The topological polar surface area (TPSA) is 88.7 Å². The first-order chi connectivity index (χ1) is 13.9. The largest absolute Gasteiger partial charge is 0.327 e. The quantitative estimate of drug-likeness (QED) is 0.492. The van der Waals surface area contributed by atoms with Gasteiger partial charge < -0.3 is 20.6 Å². The number of imidazole rings is 1. The lowest BCUT2D eigenvalue weighted by Crippen LogP contribution is -2.11. The zero-order chi connectivity index (χ0) is 20.7. The van der Waals surface area contributed by atoms with Crippen LogP contribution in [0.3, 0.4) is 0 Å². The Kier molecular flexibility index (Phi) is 4.68. The maximum atomic E-state index is 13.4. The highest BCUT2D eigenvalue weighted by molar-refractivity contribution is 6.06. The number of H-pyrrole nitrogens is 1. The predicted molar refractivity (Wildman–Crippen MR) is 116 cm³/mol. The SMILES string of the molecule is Cc1cc(F)ccc1Nc1nc2ccc3c(C)c(/C=C/CN)[nH]c(=O)c3c2n1C. The van der Waals surface area contributed by atoms with E-state index in [0.717, 1.165) is 33.4 Å². The van der Waals surface area contributed by atoms with Crippen LogP contribution in [0.15, 0.2) is 41.2 Å². The maximum Gasteiger partial charge on any atom is 0.258 e. The highest BCUT2D eigenvalue weighted by Gasteiger charge is 2.16. The van der Waals surface area contributed by atoms with E-state index in [4.69, 9.17) is 5.73 Å². The average Bonchev–Trinajstić information content (AvgIpc) is 3.01. The van der Waals surface area contributed by atoms with Crippen LogP contribution in [0.25, 0.3) is 27.9 Å². The molecule has 4 aromatic rings. The molecule has 0 aliphatic carbocycles. The molecule has 29 heavy (non-hydrogen) atoms. The van der Waals surface area contributed by atoms with Crippen LogP contribution in [-0.4, -0.2) is 21.1 Å². The molecule has 0 unspecified atom stereocenters. The molecule has 6 nitrogen and oxygen atoms in total. The highest BCUT2D eigenvalue weighted by atomic mass is 19.1. The summed E-state index contributed by atoms with van der Waals surface area (Å²) in [5.74, 6) is 0.289. The summed E-state index contributed by atoms with van der Waals surface area (Å²) >= 11 is 0. The molecule has 7 heteroatoms. The van der Waals surface area contributed by atoms with Gasteiger partial charge in [-0.3, -0.25) is 4.79 Å². The van der Waals surface area contributed by atoms with Gasteiger partial charge in [-0.2, -0.15) is 0 Å². The smallest absolute Gasteiger partial charge is 0.258 e. The van der Waals surface area contributed by atoms with E-state index >= 15 is 0 Å². The van der Waals surface area contributed by atoms with Crippen LogP contribution in [0.1, 0.15) is 16.8 Å². The molecule has 2 heterocycles. The molecule has 0 atom stereocenters. The van der Waals surface area contributed by atoms with E-state index in [2.05, 4.69) is 15.3 Å². The molecule has 0 bridgehead atoms. The number of aromatic amines is 1. The van der Waals surface area contributed by atoms with E-state index < -0.39 is 0 Å². The third-order valence-electron chi connectivity index (χ3n) is 5.17. The van der Waals surface area contributed by atoms with Gasteiger partial charge in [0, 0.05) is 25.0 Å². The van der Waals surface area contributed by atoms with Crippen LogP contribution < -0.4 is 16.6 Å². The van der Waals surface area contributed by atoms with Crippen LogP contribution in [0.2, 0.25) is 0 Å². The summed E-state index contributed by atoms with van der Waals surface area (Å²) in [6.07, 6.45) is 3.63. The van der Waals surface area contributed by atoms with Crippen molar-refractivity contribution in [2.45, 2.75) is 13.8 Å². The molecule has 0 spiro atoms. The van der Waals surface area contributed by atoms with Crippen molar-refractivity contribution in [1.29, 1.82) is 0 Å². The summed E-state index contributed by atoms with van der Waals surface area (Å²) in [7, 11) is 1.85. The Morgan fingerprint density at radius 1 is 1.28 bits per heavy atom. The summed E-state index contributed by atoms with van der Waals surface area (Å²) in [6.45, 7) is 4.20. The third-order valence-corrected chi connectivity index (χ3v) is 5.17. The third kappa shape index (κ3) is 3.19. The van der Waals surface area contributed by atoms with E-state index in [1.165, 1.54) is 12.1 Å². The number of aryl methyl sites for hydroxylation is 3. The molecule has 0 fully saturated rings. The Hall–Kier alpha value is -3.45. The number of hydrogen-bond acceptors (Lipinski definition) is 4. The molecule has 0 saturated heterocycles. The fourth-order valence-electron chi connectivity index (χ4n) is 3.62. The van der Waals surface area contributed by atoms with Gasteiger partial charge in [0.1, 0.15) is 5.82 Å². The number of aromatic nitrogens is 3. The number of nitrogens with zero attached hydrogens (tertiary/aromatic N) is 2. The Morgan fingerprint density at radius 3 is 2.79 bits per heavy atom. The van der Waals surface area contributed by atoms with Gasteiger partial charge in [-0.15, -0.1) is 0 Å². The van der Waals surface area contributed by atoms with E-state index in [-0.39, 0.29) is 11.4 Å². The molecular formula is C22H22FN5O. The van der Waals surface area contributed by atoms with E-state index in [1.807, 2.05) is 43.7 Å². The lowest BCUT2D eigenvalue weighted by Gasteiger charge is -2.10. The number of benzene rings is 2. The first-order valence-corrected chi connectivity index (χ1v) is 9.32. The van der Waals surface area contributed by atoms with Gasteiger partial charge in [0.15, 0.2) is 0 Å². The number of hydrogen-bond donors (Lipinski definition) is 3. The van der Waals surface area contributed by atoms with Crippen molar-refractivity contribution < 1.29 is 4.39 Å². The number of nitrogens with one attached hydrogen (secondary N) is 2. The monoisotopic (exact) mass is 391 g/mol. The van der Waals surface area contributed by atoms with Gasteiger partial charge in [0.2, 0.25) is 5.95 Å². The first kappa shape index (κ1) is 18.9. The van der Waals surface area contributed by atoms with Gasteiger partial charge >= 0.3 is 0 Å². The van der Waals surface area contributed by atoms with Crippen molar-refractivity contribution in [2.75, 3.05) is 11.9 Å². The molecule has 4 rings (SSSR count). The fourth-order valence-corrected chi connectivity index (χ4v) is 3.62. The second-order valence-electron chi connectivity index (χ2n) is 7.07. The molecule has 0 aliphatic heterocycles. The summed E-state index contributed by atoms with van der Waals surface area (Å²) in [5.41, 5.74) is 10.0. The van der Waals surface area contributed by atoms with Gasteiger partial charge in [-0.1, -0.05) is 12.1 Å². The van der Waals surface area contributed by atoms with Crippen LogP contribution >= 0.6 is 0 Å². The average molecular weight is 391 g/mol. The summed E-state index contributed by atoms with van der Waals surface area (Å²) in [5, 5.41) is 4.70. The number of halogens is 1. The minimum absolute atomic E-state index is 0.180. The maximum absolute atomic E-state index is 13.4. The van der Waals surface area contributed by atoms with Crippen molar-refractivity contribution >= 4 is 39.5 Å². The molecule has 0 saturated carbocycles. The normalized spacial score (nSPS) is 11.8. The minimum atomic E-state index is -0.287. The van der Waals surface area contributed by atoms with Crippen LogP contribution in [0, 0.1) is 19.7 Å². The van der Waals surface area contributed by atoms with Gasteiger partial charge in [0.05, 0.1) is 16.4 Å². The lowest BCUT2D eigenvalue weighted by molar-refractivity contribution is 0.627. The summed E-state index contributed by atoms with van der Waals surface area (Å²) in [4.78, 5) is 20.5. The van der Waals surface area contributed by atoms with Crippen molar-refractivity contribution in [3.63, 3.8) is 0 Å². The van der Waals surface area contributed by atoms with Crippen LogP contribution in [0.5, 0.6) is 0 Å². The van der Waals surface area contributed by atoms with Crippen LogP contribution in [-0.2, 0) is 7.05 Å². The minimum Gasteiger partial charge on any atom is -0.327 e. The molecule has 0 radical (unpaired) electrons. The van der Waals surface area contributed by atoms with Crippen LogP contribution in [0.4, 0.5) is 16.0 Å². The Labute approximate surface area is 166 Å². The van der Waals surface area contributed by atoms with Crippen molar-refractivity contribution in [3.8, 4) is 0 Å². The number of anilines is 2. The molecule has 2 aromatic carbocycles. The van der Waals surface area contributed by atoms with E-state index in [9.17, 15) is 9.18 Å². The van der Waals surface area contributed by atoms with Gasteiger partial charge in [-0.05, 0) is 60.7 Å². The van der Waals surface area contributed by atoms with Crippen molar-refractivity contribution in [1.82, 2.24) is 14.5 Å². The Morgan fingerprint density at radius 2 is 2.07 bits per heavy atom. The molecule has 148 valence electrons. The molecule has 0 amide bonds. The molecule has 4 N–H and O–H groups in total. The zero-order valence-corrected chi connectivity index (χ0v) is 16.5. The predicted octanol–water partition coefficient (Wildman–Crippen LogP) is 3.89. The van der Waals surface area contributed by atoms with Gasteiger partial charge in [0.25, 0.3) is 5.56 Å². The number of nitrogens with two attached hydrogens (primary N) is 1. The van der Waals surface area contributed by atoms with Gasteiger partial charge in [-0.25, -0.2) is 9.37 Å². The second-order valence-corrected chi connectivity index (χ2v) is 7.07. The first-order valence-electron chi connectivity index (χ1n) is 9.32. The fraction of sp³-hybridized carbons (Fsp3) is 0.182. The van der Waals surface area contributed by atoms with Crippen molar-refractivity contribution in [2.24, 2.45) is 12.8 Å². The van der Waals surface area contributed by atoms with Crippen molar-refractivity contribution in [3.05, 3.63) is 69.4 Å². The molecule has 2 aromatic heterocycles. The molecular weight excluding hydrogens is 369 g/mol. The zero-order valence-electron chi connectivity index (χ0n) is 16.5.